The van der Waals surface area contributed by atoms with Crippen LogP contribution >= 0.6 is 23.1 Å². The van der Waals surface area contributed by atoms with Crippen molar-refractivity contribution in [3.05, 3.63) is 30.1 Å². The summed E-state index contributed by atoms with van der Waals surface area (Å²) in [4.78, 5) is 1.63. The minimum Gasteiger partial charge on any atom is -0.366 e. The fourth-order valence-corrected chi connectivity index (χ4v) is 4.68. The first kappa shape index (κ1) is 18.6. The molecule has 0 bridgehead atoms. The van der Waals surface area contributed by atoms with Gasteiger partial charge in [-0.15, -0.1) is 10.2 Å². The van der Waals surface area contributed by atoms with Gasteiger partial charge in [0, 0.05) is 17.4 Å². The number of nitrogens with zero attached hydrogens (tertiary/aromatic N) is 2. The quantitative estimate of drug-likeness (QED) is 0.720. The number of morpholine rings is 1. The normalized spacial score (nSPS) is 20.8. The van der Waals surface area contributed by atoms with Crippen molar-refractivity contribution in [1.29, 1.82) is 0 Å². The van der Waals surface area contributed by atoms with Crippen LogP contribution < -0.4 is 10.2 Å². The molecule has 1 saturated heterocycles. The first-order valence-electron chi connectivity index (χ1n) is 8.52. The Labute approximate surface area is 156 Å². The molecule has 1 unspecified atom stereocenters. The summed E-state index contributed by atoms with van der Waals surface area (Å²) in [5, 5.41) is 12.2. The van der Waals surface area contributed by atoms with Crippen LogP contribution in [0.15, 0.2) is 28.6 Å². The maximum Gasteiger partial charge on any atom is 0.210 e. The zero-order valence-corrected chi connectivity index (χ0v) is 16.1. The number of quaternary nitrogens is 1. The second kappa shape index (κ2) is 8.93. The topological polar surface area (TPSA) is 51.5 Å². The number of hydrogen-bond donors (Lipinski definition) is 2. The maximum absolute atomic E-state index is 12.9. The van der Waals surface area contributed by atoms with Crippen LogP contribution in [-0.4, -0.2) is 48.3 Å². The average molecular weight is 384 g/mol. The number of benzene rings is 1. The number of nitrogens with one attached hydrogen (secondary N) is 2. The lowest BCUT2D eigenvalue weighted by Gasteiger charge is -2.30. The second-order valence-electron chi connectivity index (χ2n) is 6.61. The van der Waals surface area contributed by atoms with E-state index in [1.165, 1.54) is 30.0 Å². The molecule has 1 aliphatic rings. The highest BCUT2D eigenvalue weighted by molar-refractivity contribution is 8.01. The molecule has 2 aromatic rings. The summed E-state index contributed by atoms with van der Waals surface area (Å²) in [6.07, 6.45) is 0.268. The molecule has 3 rings (SSSR count). The molecule has 0 amide bonds. The van der Waals surface area contributed by atoms with Gasteiger partial charge < -0.3 is 15.0 Å². The van der Waals surface area contributed by atoms with E-state index in [1.807, 2.05) is 0 Å². The lowest BCUT2D eigenvalue weighted by Crippen LogP contribution is -3.15. The first-order chi connectivity index (χ1) is 12.1. The van der Waals surface area contributed by atoms with Crippen LogP contribution in [0.2, 0.25) is 0 Å². The van der Waals surface area contributed by atoms with Crippen LogP contribution in [0.4, 0.5) is 15.2 Å². The third kappa shape index (κ3) is 5.91. The van der Waals surface area contributed by atoms with E-state index in [0.29, 0.717) is 11.0 Å². The third-order valence-corrected chi connectivity index (χ3v) is 6.02. The van der Waals surface area contributed by atoms with Gasteiger partial charge in [-0.3, -0.25) is 0 Å². The summed E-state index contributed by atoms with van der Waals surface area (Å²) in [7, 11) is 0. The summed E-state index contributed by atoms with van der Waals surface area (Å²) in [6, 6.07) is 6.21. The zero-order valence-electron chi connectivity index (χ0n) is 14.5. The molecule has 1 aromatic carbocycles. The Morgan fingerprint density at radius 2 is 2.16 bits per heavy atom. The number of hydrogen-bond acceptors (Lipinski definition) is 6. The average Bonchev–Trinajstić information content (AvgIpc) is 3.02. The molecule has 136 valence electrons. The molecular formula is C17H24FN4OS2+. The Morgan fingerprint density at radius 3 is 2.92 bits per heavy atom. The molecule has 1 aliphatic heterocycles. The number of aromatic nitrogens is 2. The van der Waals surface area contributed by atoms with Crippen molar-refractivity contribution in [1.82, 2.24) is 10.2 Å². The Bertz CT molecular complexity index is 665. The monoisotopic (exact) mass is 383 g/mol. The molecule has 0 saturated carbocycles. The van der Waals surface area contributed by atoms with E-state index in [-0.39, 0.29) is 11.9 Å². The SMILES string of the molecule is CC(C)C[NH+]1CCO[C@@H](CSc2nnc(Nc3ccc(F)cc3)s2)C1. The summed E-state index contributed by atoms with van der Waals surface area (Å²) >= 11 is 3.19. The van der Waals surface area contributed by atoms with E-state index in [1.54, 1.807) is 28.8 Å². The fraction of sp³-hybridized carbons (Fsp3) is 0.529. The van der Waals surface area contributed by atoms with Crippen molar-refractivity contribution in [2.24, 2.45) is 5.92 Å². The first-order valence-corrected chi connectivity index (χ1v) is 10.3. The molecule has 2 N–H and O–H groups in total. The third-order valence-electron chi connectivity index (χ3n) is 3.92. The van der Waals surface area contributed by atoms with Crippen molar-refractivity contribution < 1.29 is 14.0 Å². The number of thioether (sulfide) groups is 1. The van der Waals surface area contributed by atoms with Gasteiger partial charge in [-0.1, -0.05) is 36.9 Å². The number of rotatable bonds is 7. The smallest absolute Gasteiger partial charge is 0.210 e. The minimum absolute atomic E-state index is 0.250. The predicted octanol–water partition coefficient (Wildman–Crippen LogP) is 2.45. The number of ether oxygens (including phenoxy) is 1. The highest BCUT2D eigenvalue weighted by atomic mass is 32.2. The van der Waals surface area contributed by atoms with Crippen molar-refractivity contribution in [2.75, 3.05) is 37.3 Å². The standard InChI is InChI=1S/C17H23FN4OS2/c1-12(2)9-22-7-8-23-15(10-22)11-24-17-21-20-16(25-17)19-14-5-3-13(18)4-6-14/h3-6,12,15H,7-11H2,1-2H3,(H,19,20)/p+1/t15-/m1/s1. The van der Waals surface area contributed by atoms with Crippen molar-refractivity contribution in [3.8, 4) is 0 Å². The van der Waals surface area contributed by atoms with E-state index in [4.69, 9.17) is 4.74 Å². The molecule has 1 fully saturated rings. The molecular weight excluding hydrogens is 359 g/mol. The Kier molecular flexibility index (Phi) is 6.63. The van der Waals surface area contributed by atoms with Gasteiger partial charge in [-0.25, -0.2) is 4.39 Å². The maximum atomic E-state index is 12.9. The second-order valence-corrected chi connectivity index (χ2v) is 8.86. The summed E-state index contributed by atoms with van der Waals surface area (Å²) < 4.78 is 19.7. The zero-order chi connectivity index (χ0) is 17.6. The Hall–Kier alpha value is -1.22. The lowest BCUT2D eigenvalue weighted by atomic mass is 10.2. The van der Waals surface area contributed by atoms with Gasteiger partial charge >= 0.3 is 0 Å². The van der Waals surface area contributed by atoms with Crippen LogP contribution in [0.1, 0.15) is 13.8 Å². The summed E-state index contributed by atoms with van der Waals surface area (Å²) in [5.74, 6) is 1.36. The van der Waals surface area contributed by atoms with Crippen LogP contribution in [0.5, 0.6) is 0 Å². The number of anilines is 2. The van der Waals surface area contributed by atoms with Gasteiger partial charge in [0.15, 0.2) is 4.34 Å². The van der Waals surface area contributed by atoms with E-state index >= 15 is 0 Å². The number of halogens is 1. The van der Waals surface area contributed by atoms with Gasteiger partial charge in [-0.05, 0) is 24.3 Å². The lowest BCUT2D eigenvalue weighted by molar-refractivity contribution is -0.914. The molecule has 2 atom stereocenters. The molecule has 0 radical (unpaired) electrons. The molecule has 2 heterocycles. The van der Waals surface area contributed by atoms with E-state index in [2.05, 4.69) is 29.4 Å². The Morgan fingerprint density at radius 1 is 1.36 bits per heavy atom. The highest BCUT2D eigenvalue weighted by Gasteiger charge is 2.24. The highest BCUT2D eigenvalue weighted by Crippen LogP contribution is 2.28. The largest absolute Gasteiger partial charge is 0.366 e. The summed E-state index contributed by atoms with van der Waals surface area (Å²) in [6.45, 7) is 8.73. The van der Waals surface area contributed by atoms with Gasteiger partial charge in [0.05, 0.1) is 13.2 Å². The van der Waals surface area contributed by atoms with Crippen molar-refractivity contribution >= 4 is 33.9 Å². The molecule has 1 aromatic heterocycles. The van der Waals surface area contributed by atoms with Crippen LogP contribution in [0.3, 0.4) is 0 Å². The molecule has 5 nitrogen and oxygen atoms in total. The van der Waals surface area contributed by atoms with Gasteiger partial charge in [0.25, 0.3) is 0 Å². The van der Waals surface area contributed by atoms with Gasteiger partial charge in [-0.2, -0.15) is 0 Å². The molecule has 25 heavy (non-hydrogen) atoms. The predicted molar refractivity (Wildman–Crippen MR) is 100 cm³/mol. The van der Waals surface area contributed by atoms with Gasteiger partial charge in [0.1, 0.15) is 25.0 Å². The van der Waals surface area contributed by atoms with E-state index in [9.17, 15) is 4.39 Å². The summed E-state index contributed by atoms with van der Waals surface area (Å²) in [5.41, 5.74) is 0.803. The van der Waals surface area contributed by atoms with Crippen LogP contribution in [0.25, 0.3) is 0 Å². The molecule has 8 heteroatoms. The van der Waals surface area contributed by atoms with Crippen molar-refractivity contribution in [3.63, 3.8) is 0 Å². The van der Waals surface area contributed by atoms with Crippen molar-refractivity contribution in [2.45, 2.75) is 24.3 Å². The van der Waals surface area contributed by atoms with Gasteiger partial charge in [0.2, 0.25) is 5.13 Å². The minimum atomic E-state index is -0.250. The van der Waals surface area contributed by atoms with E-state index < -0.39 is 0 Å². The van der Waals surface area contributed by atoms with Crippen LogP contribution in [0, 0.1) is 11.7 Å². The van der Waals surface area contributed by atoms with Crippen LogP contribution in [-0.2, 0) is 4.74 Å². The Balaban J connectivity index is 1.47. The fourth-order valence-electron chi connectivity index (χ4n) is 2.86. The molecule has 0 aliphatic carbocycles. The molecule has 0 spiro atoms. The van der Waals surface area contributed by atoms with E-state index in [0.717, 1.165) is 35.5 Å².